The third kappa shape index (κ3) is 2.47. The molecular formula is C12H20N6. The molecular weight excluding hydrogens is 228 g/mol. The highest BCUT2D eigenvalue weighted by Crippen LogP contribution is 1.80. The van der Waals surface area contributed by atoms with Crippen LogP contribution in [0.2, 0.25) is 0 Å². The maximum atomic E-state index is 4.54. The van der Waals surface area contributed by atoms with Gasteiger partial charge in [-0.05, 0) is 0 Å². The summed E-state index contributed by atoms with van der Waals surface area (Å²) in [7, 11) is 7.97. The van der Waals surface area contributed by atoms with Gasteiger partial charge in [-0.25, -0.2) is 0 Å². The molecule has 0 saturated heterocycles. The predicted octanol–water partition coefficient (Wildman–Crippen LogP) is -0.458. The van der Waals surface area contributed by atoms with E-state index in [2.05, 4.69) is 9.98 Å². The third-order valence-electron chi connectivity index (χ3n) is 2.90. The van der Waals surface area contributed by atoms with E-state index in [1.54, 1.807) is 0 Å². The number of hydrogen-bond acceptors (Lipinski definition) is 2. The number of rotatable bonds is 3. The molecule has 2 heterocycles. The minimum Gasteiger partial charge on any atom is -0.321 e. The number of aromatic nitrogens is 4. The van der Waals surface area contributed by atoms with E-state index in [1.165, 1.54) is 0 Å². The molecule has 0 atom stereocenters. The van der Waals surface area contributed by atoms with Gasteiger partial charge >= 0.3 is 0 Å². The van der Waals surface area contributed by atoms with Crippen molar-refractivity contribution in [2.24, 2.45) is 38.2 Å². The summed E-state index contributed by atoms with van der Waals surface area (Å²) in [6, 6.07) is 0. The summed E-state index contributed by atoms with van der Waals surface area (Å²) >= 11 is 0. The van der Waals surface area contributed by atoms with E-state index < -0.39 is 0 Å². The Balaban J connectivity index is 2.11. The quantitative estimate of drug-likeness (QED) is 0.660. The summed E-state index contributed by atoms with van der Waals surface area (Å²) in [5.74, 6) is 0. The van der Waals surface area contributed by atoms with Crippen LogP contribution in [0, 0.1) is 0 Å². The van der Waals surface area contributed by atoms with Crippen LogP contribution in [0.25, 0.3) is 0 Å². The summed E-state index contributed by atoms with van der Waals surface area (Å²) in [4.78, 5) is 9.08. The first-order chi connectivity index (χ1) is 8.59. The molecule has 0 aliphatic carbocycles. The first kappa shape index (κ1) is 12.5. The molecule has 0 amide bonds. The fraction of sp³-hybridized carbons (Fsp3) is 0.500. The van der Waals surface area contributed by atoms with Crippen molar-refractivity contribution in [3.63, 3.8) is 0 Å². The first-order valence-electron chi connectivity index (χ1n) is 5.96. The Bertz CT molecular complexity index is 545. The van der Waals surface area contributed by atoms with Crippen molar-refractivity contribution in [2.45, 2.75) is 0 Å². The van der Waals surface area contributed by atoms with Crippen LogP contribution in [0.1, 0.15) is 0 Å². The lowest BCUT2D eigenvalue weighted by Gasteiger charge is -1.96. The molecule has 0 spiro atoms. The Labute approximate surface area is 106 Å². The van der Waals surface area contributed by atoms with Gasteiger partial charge in [0.05, 0.1) is 13.1 Å². The standard InChI is InChI=1S/C12H20N6/c1-15-7-8-16(2)11(15)13-5-6-14-12-17(3)9-10-18(12)4/h7-10H,5-6H2,1-4H3. The zero-order chi connectivity index (χ0) is 13.1. The third-order valence-corrected chi connectivity index (χ3v) is 2.90. The van der Waals surface area contributed by atoms with Crippen LogP contribution < -0.4 is 11.2 Å². The van der Waals surface area contributed by atoms with Crippen LogP contribution in [0.15, 0.2) is 34.8 Å². The molecule has 0 bridgehead atoms. The maximum absolute atomic E-state index is 4.54. The van der Waals surface area contributed by atoms with Gasteiger partial charge in [-0.3, -0.25) is 9.98 Å². The molecule has 18 heavy (non-hydrogen) atoms. The highest BCUT2D eigenvalue weighted by atomic mass is 15.2. The van der Waals surface area contributed by atoms with Crippen LogP contribution >= 0.6 is 0 Å². The van der Waals surface area contributed by atoms with Crippen molar-refractivity contribution in [3.05, 3.63) is 36.0 Å². The van der Waals surface area contributed by atoms with Gasteiger partial charge in [0, 0.05) is 53.0 Å². The highest BCUT2D eigenvalue weighted by molar-refractivity contribution is 4.79. The van der Waals surface area contributed by atoms with Gasteiger partial charge < -0.3 is 18.3 Å². The van der Waals surface area contributed by atoms with E-state index >= 15 is 0 Å². The summed E-state index contributed by atoms with van der Waals surface area (Å²) in [5.41, 5.74) is 1.92. The molecule has 98 valence electrons. The minimum absolute atomic E-state index is 0.691. The van der Waals surface area contributed by atoms with E-state index in [1.807, 2.05) is 71.2 Å². The van der Waals surface area contributed by atoms with Gasteiger partial charge in [-0.2, -0.15) is 0 Å². The van der Waals surface area contributed by atoms with E-state index in [0.717, 1.165) is 11.2 Å². The van der Waals surface area contributed by atoms with E-state index in [0.29, 0.717) is 13.1 Å². The topological polar surface area (TPSA) is 44.4 Å². The molecule has 0 radical (unpaired) electrons. The smallest absolute Gasteiger partial charge is 0.204 e. The molecule has 6 heteroatoms. The van der Waals surface area contributed by atoms with Gasteiger partial charge in [-0.15, -0.1) is 0 Å². The van der Waals surface area contributed by atoms with E-state index in [9.17, 15) is 0 Å². The van der Waals surface area contributed by atoms with Gasteiger partial charge in [0.15, 0.2) is 0 Å². The van der Waals surface area contributed by atoms with Crippen molar-refractivity contribution in [3.8, 4) is 0 Å². The molecule has 2 aromatic rings. The molecule has 2 aromatic heterocycles. The Kier molecular flexibility index (Phi) is 3.55. The van der Waals surface area contributed by atoms with Crippen LogP contribution in [0.5, 0.6) is 0 Å². The summed E-state index contributed by atoms with van der Waals surface area (Å²) in [6.07, 6.45) is 7.97. The molecule has 2 rings (SSSR count). The lowest BCUT2D eigenvalue weighted by molar-refractivity contribution is 0.694. The molecule has 0 fully saturated rings. The molecule has 0 aromatic carbocycles. The number of nitrogens with zero attached hydrogens (tertiary/aromatic N) is 6. The molecule has 0 saturated carbocycles. The molecule has 0 aliphatic heterocycles. The number of hydrogen-bond donors (Lipinski definition) is 0. The fourth-order valence-electron chi connectivity index (χ4n) is 1.91. The Morgan fingerprint density at radius 3 is 1.22 bits per heavy atom. The van der Waals surface area contributed by atoms with Crippen LogP contribution in [-0.4, -0.2) is 31.4 Å². The average molecular weight is 248 g/mol. The number of aryl methyl sites for hydroxylation is 4. The number of imidazole rings is 2. The van der Waals surface area contributed by atoms with Crippen molar-refractivity contribution in [1.82, 2.24) is 18.3 Å². The second-order valence-electron chi connectivity index (χ2n) is 4.40. The monoisotopic (exact) mass is 248 g/mol. The van der Waals surface area contributed by atoms with Gasteiger partial charge in [0.1, 0.15) is 0 Å². The average Bonchev–Trinajstić information content (AvgIpc) is 2.82. The largest absolute Gasteiger partial charge is 0.321 e. The molecule has 0 aliphatic rings. The lowest BCUT2D eigenvalue weighted by Crippen LogP contribution is -2.24. The van der Waals surface area contributed by atoms with Gasteiger partial charge in [-0.1, -0.05) is 0 Å². The molecule has 0 N–H and O–H groups in total. The second kappa shape index (κ2) is 5.12. The summed E-state index contributed by atoms with van der Waals surface area (Å²) in [6.45, 7) is 1.38. The van der Waals surface area contributed by atoms with Crippen LogP contribution in [0.3, 0.4) is 0 Å². The van der Waals surface area contributed by atoms with Gasteiger partial charge in [0.2, 0.25) is 11.2 Å². The minimum atomic E-state index is 0.691. The first-order valence-corrected chi connectivity index (χ1v) is 5.96. The Morgan fingerprint density at radius 1 is 0.667 bits per heavy atom. The SMILES string of the molecule is Cn1ccn(C)c1=NCCN=c1n(C)ccn1C. The summed E-state index contributed by atoms with van der Waals surface area (Å²) in [5, 5.41) is 0. The maximum Gasteiger partial charge on any atom is 0.204 e. The zero-order valence-electron chi connectivity index (χ0n) is 11.4. The van der Waals surface area contributed by atoms with Crippen molar-refractivity contribution < 1.29 is 0 Å². The highest BCUT2D eigenvalue weighted by Gasteiger charge is 1.93. The van der Waals surface area contributed by atoms with Crippen LogP contribution in [-0.2, 0) is 28.2 Å². The zero-order valence-corrected chi connectivity index (χ0v) is 11.4. The van der Waals surface area contributed by atoms with Crippen molar-refractivity contribution in [1.29, 1.82) is 0 Å². The lowest BCUT2D eigenvalue weighted by atomic mass is 10.6. The predicted molar refractivity (Wildman–Crippen MR) is 69.6 cm³/mol. The van der Waals surface area contributed by atoms with Gasteiger partial charge in [0.25, 0.3) is 0 Å². The fourth-order valence-corrected chi connectivity index (χ4v) is 1.91. The van der Waals surface area contributed by atoms with Crippen LogP contribution in [0.4, 0.5) is 0 Å². The van der Waals surface area contributed by atoms with E-state index in [-0.39, 0.29) is 0 Å². The second-order valence-corrected chi connectivity index (χ2v) is 4.40. The molecule has 6 nitrogen and oxygen atoms in total. The molecule has 0 unspecified atom stereocenters. The Hall–Kier alpha value is -1.98. The normalized spacial score (nSPS) is 10.7. The Morgan fingerprint density at radius 2 is 0.944 bits per heavy atom. The van der Waals surface area contributed by atoms with E-state index in [4.69, 9.17) is 0 Å². The summed E-state index contributed by atoms with van der Waals surface area (Å²) < 4.78 is 8.01. The van der Waals surface area contributed by atoms with Crippen molar-refractivity contribution in [2.75, 3.05) is 13.1 Å². The van der Waals surface area contributed by atoms with Crippen molar-refractivity contribution >= 4 is 0 Å².